The molecule has 7 heteroatoms. The van der Waals surface area contributed by atoms with E-state index in [2.05, 4.69) is 10.1 Å². The van der Waals surface area contributed by atoms with Crippen LogP contribution in [0.3, 0.4) is 0 Å². The minimum atomic E-state index is -0.237. The molecule has 166 valence electrons. The van der Waals surface area contributed by atoms with Crippen LogP contribution >= 0.6 is 0 Å². The van der Waals surface area contributed by atoms with Gasteiger partial charge in [0.1, 0.15) is 5.82 Å². The van der Waals surface area contributed by atoms with E-state index in [0.29, 0.717) is 24.3 Å². The standard InChI is InChI=1S/C26H24FN5O/c27-22-10-7-19(8-11-22)16-23-5-1-6-24(30-23)21-4-2-14-31(18-21)26(33)20-9-12-25(28-17-20)32-15-3-13-29-32/h1,3,5-13,15,17,21H,2,4,14,16,18H2/t21-/m0/s1. The Morgan fingerprint density at radius 3 is 2.70 bits per heavy atom. The lowest BCUT2D eigenvalue weighted by atomic mass is 9.93. The maximum atomic E-state index is 13.2. The van der Waals surface area contributed by atoms with Gasteiger partial charge in [0.05, 0.1) is 5.56 Å². The van der Waals surface area contributed by atoms with Crippen LogP contribution in [0, 0.1) is 5.82 Å². The summed E-state index contributed by atoms with van der Waals surface area (Å²) in [7, 11) is 0. The second-order valence-electron chi connectivity index (χ2n) is 8.30. The fourth-order valence-corrected chi connectivity index (χ4v) is 4.27. The average Bonchev–Trinajstić information content (AvgIpc) is 3.41. The van der Waals surface area contributed by atoms with E-state index in [4.69, 9.17) is 4.98 Å². The zero-order valence-corrected chi connectivity index (χ0v) is 18.1. The molecule has 33 heavy (non-hydrogen) atoms. The highest BCUT2D eigenvalue weighted by Crippen LogP contribution is 2.27. The molecule has 1 atom stereocenters. The SMILES string of the molecule is O=C(c1ccc(-n2cccn2)nc1)N1CCC[C@H](c2cccc(Cc3ccc(F)cc3)n2)C1. The number of hydrogen-bond acceptors (Lipinski definition) is 4. The van der Waals surface area contributed by atoms with Crippen LogP contribution in [0.5, 0.6) is 0 Å². The van der Waals surface area contributed by atoms with Crippen molar-refractivity contribution in [2.45, 2.75) is 25.2 Å². The molecule has 1 aromatic carbocycles. The van der Waals surface area contributed by atoms with Crippen LogP contribution in [-0.4, -0.2) is 43.6 Å². The molecule has 1 saturated heterocycles. The number of hydrogen-bond donors (Lipinski definition) is 0. The van der Waals surface area contributed by atoms with Crippen LogP contribution < -0.4 is 0 Å². The highest BCUT2D eigenvalue weighted by Gasteiger charge is 2.26. The molecule has 1 aliphatic heterocycles. The summed E-state index contributed by atoms with van der Waals surface area (Å²) in [5.41, 5.74) is 3.54. The lowest BCUT2D eigenvalue weighted by Crippen LogP contribution is -2.39. The molecule has 0 radical (unpaired) electrons. The zero-order valence-electron chi connectivity index (χ0n) is 18.1. The third-order valence-corrected chi connectivity index (χ3v) is 5.99. The summed E-state index contributed by atoms with van der Waals surface area (Å²) in [5.74, 6) is 0.614. The fraction of sp³-hybridized carbons (Fsp3) is 0.231. The first kappa shape index (κ1) is 21.0. The Morgan fingerprint density at radius 2 is 1.94 bits per heavy atom. The first-order valence-electron chi connectivity index (χ1n) is 11.1. The zero-order chi connectivity index (χ0) is 22.6. The van der Waals surface area contributed by atoms with Crippen molar-refractivity contribution in [2.75, 3.05) is 13.1 Å². The fourth-order valence-electron chi connectivity index (χ4n) is 4.27. The van der Waals surface area contributed by atoms with Crippen molar-refractivity contribution in [2.24, 2.45) is 0 Å². The van der Waals surface area contributed by atoms with Crippen molar-refractivity contribution in [1.82, 2.24) is 24.6 Å². The summed E-state index contributed by atoms with van der Waals surface area (Å²) in [6, 6.07) is 18.0. The molecule has 4 aromatic rings. The van der Waals surface area contributed by atoms with Gasteiger partial charge in [-0.3, -0.25) is 9.78 Å². The summed E-state index contributed by atoms with van der Waals surface area (Å²) >= 11 is 0. The van der Waals surface area contributed by atoms with Crippen molar-refractivity contribution in [3.05, 3.63) is 108 Å². The molecule has 1 aliphatic rings. The van der Waals surface area contributed by atoms with Crippen molar-refractivity contribution < 1.29 is 9.18 Å². The molecule has 3 aromatic heterocycles. The van der Waals surface area contributed by atoms with Gasteiger partial charge < -0.3 is 4.90 Å². The van der Waals surface area contributed by atoms with Crippen LogP contribution in [-0.2, 0) is 6.42 Å². The molecule has 5 rings (SSSR count). The summed E-state index contributed by atoms with van der Waals surface area (Å²) in [6.07, 6.45) is 7.70. The molecule has 1 amide bonds. The Hall–Kier alpha value is -3.87. The van der Waals surface area contributed by atoms with E-state index in [1.54, 1.807) is 35.3 Å². The number of amides is 1. The van der Waals surface area contributed by atoms with Gasteiger partial charge in [-0.05, 0) is 60.9 Å². The summed E-state index contributed by atoms with van der Waals surface area (Å²) in [6.45, 7) is 1.36. The highest BCUT2D eigenvalue weighted by molar-refractivity contribution is 5.94. The topological polar surface area (TPSA) is 63.9 Å². The number of benzene rings is 1. The van der Waals surface area contributed by atoms with Gasteiger partial charge in [0, 0.05) is 55.4 Å². The first-order chi connectivity index (χ1) is 16.2. The van der Waals surface area contributed by atoms with Crippen molar-refractivity contribution >= 4 is 5.91 Å². The van der Waals surface area contributed by atoms with Crippen molar-refractivity contribution in [3.8, 4) is 5.82 Å². The molecule has 1 fully saturated rings. The van der Waals surface area contributed by atoms with Crippen molar-refractivity contribution in [1.29, 1.82) is 0 Å². The second kappa shape index (κ2) is 9.32. The Morgan fingerprint density at radius 1 is 1.06 bits per heavy atom. The number of carbonyl (C=O) groups is 1. The number of pyridine rings is 2. The predicted octanol–water partition coefficient (Wildman–Crippen LogP) is 4.41. The van der Waals surface area contributed by atoms with E-state index in [0.717, 1.165) is 36.3 Å². The molecular weight excluding hydrogens is 417 g/mol. The predicted molar refractivity (Wildman–Crippen MR) is 123 cm³/mol. The van der Waals surface area contributed by atoms with Gasteiger partial charge in [0.25, 0.3) is 5.91 Å². The molecule has 0 saturated carbocycles. The maximum absolute atomic E-state index is 13.2. The van der Waals surface area contributed by atoms with Crippen LogP contribution in [0.25, 0.3) is 5.82 Å². The molecule has 0 bridgehead atoms. The lowest BCUT2D eigenvalue weighted by molar-refractivity contribution is 0.0705. The van der Waals surface area contributed by atoms with Gasteiger partial charge >= 0.3 is 0 Å². The number of piperidine rings is 1. The van der Waals surface area contributed by atoms with E-state index < -0.39 is 0 Å². The van der Waals surface area contributed by atoms with Gasteiger partial charge in [0.15, 0.2) is 5.82 Å². The minimum absolute atomic E-state index is 0.0123. The molecule has 0 unspecified atom stereocenters. The van der Waals surface area contributed by atoms with Gasteiger partial charge in [0.2, 0.25) is 0 Å². The number of carbonyl (C=O) groups excluding carboxylic acids is 1. The van der Waals surface area contributed by atoms with Crippen LogP contribution in [0.4, 0.5) is 4.39 Å². The number of likely N-dealkylation sites (tertiary alicyclic amines) is 1. The third kappa shape index (κ3) is 4.82. The summed E-state index contributed by atoms with van der Waals surface area (Å²) in [4.78, 5) is 24.3. The summed E-state index contributed by atoms with van der Waals surface area (Å²) in [5, 5.41) is 4.17. The molecule has 6 nitrogen and oxygen atoms in total. The smallest absolute Gasteiger partial charge is 0.255 e. The largest absolute Gasteiger partial charge is 0.338 e. The summed E-state index contributed by atoms with van der Waals surface area (Å²) < 4.78 is 14.8. The third-order valence-electron chi connectivity index (χ3n) is 5.99. The molecule has 0 aliphatic carbocycles. The van der Waals surface area contributed by atoms with Crippen LogP contribution in [0.2, 0.25) is 0 Å². The van der Waals surface area contributed by atoms with Gasteiger partial charge in [-0.25, -0.2) is 14.1 Å². The highest BCUT2D eigenvalue weighted by atomic mass is 19.1. The maximum Gasteiger partial charge on any atom is 0.255 e. The van der Waals surface area contributed by atoms with E-state index in [1.165, 1.54) is 12.1 Å². The normalized spacial score (nSPS) is 16.0. The Labute approximate surface area is 191 Å². The Bertz CT molecular complexity index is 1220. The van der Waals surface area contributed by atoms with Crippen molar-refractivity contribution in [3.63, 3.8) is 0 Å². The average molecular weight is 442 g/mol. The van der Waals surface area contributed by atoms with E-state index >= 15 is 0 Å². The van der Waals surface area contributed by atoms with Gasteiger partial charge in [-0.2, -0.15) is 5.10 Å². The van der Waals surface area contributed by atoms with Crippen LogP contribution in [0.1, 0.15) is 46.1 Å². The molecule has 0 spiro atoms. The number of halogens is 1. The van der Waals surface area contributed by atoms with E-state index in [-0.39, 0.29) is 17.6 Å². The minimum Gasteiger partial charge on any atom is -0.338 e. The van der Waals surface area contributed by atoms with Crippen LogP contribution in [0.15, 0.2) is 79.3 Å². The van der Waals surface area contributed by atoms with E-state index in [1.807, 2.05) is 41.4 Å². The molecular formula is C26H24FN5O. The quantitative estimate of drug-likeness (QED) is 0.460. The number of nitrogens with zero attached hydrogens (tertiary/aromatic N) is 5. The van der Waals surface area contributed by atoms with Gasteiger partial charge in [-0.1, -0.05) is 18.2 Å². The monoisotopic (exact) mass is 441 g/mol. The first-order valence-corrected chi connectivity index (χ1v) is 11.1. The number of rotatable bonds is 5. The van der Waals surface area contributed by atoms with E-state index in [9.17, 15) is 9.18 Å². The Balaban J connectivity index is 1.27. The molecule has 4 heterocycles. The van der Waals surface area contributed by atoms with Gasteiger partial charge in [-0.15, -0.1) is 0 Å². The molecule has 0 N–H and O–H groups in total. The lowest BCUT2D eigenvalue weighted by Gasteiger charge is -2.32. The number of aromatic nitrogens is 4. The Kier molecular flexibility index (Phi) is 5.93. The second-order valence-corrected chi connectivity index (χ2v) is 8.30.